The van der Waals surface area contributed by atoms with Gasteiger partial charge in [0.25, 0.3) is 0 Å². The third-order valence-corrected chi connectivity index (χ3v) is 19.6. The van der Waals surface area contributed by atoms with E-state index in [1.807, 2.05) is 6.08 Å². The standard InChI is InChI=1S/C33H56N2O2Si2/c1-31(2,3)38(7,8)36-25-21-29-19-15-23-33(22-14-18-28(33)20-24-34)35(29)30(27-16-12-11-13-17-27)26-37-39(9,10)32(4,5)6/h11-13,16-17,20,29-30H,14-15,18-19,21-23,25-26H2,1-10H3/b28-20+/t29-,30-,33-/m0/s1. The van der Waals surface area contributed by atoms with Crippen molar-refractivity contribution in [1.29, 1.82) is 5.26 Å². The van der Waals surface area contributed by atoms with E-state index in [9.17, 15) is 5.26 Å². The number of rotatable bonds is 9. The van der Waals surface area contributed by atoms with E-state index in [4.69, 9.17) is 8.85 Å². The Morgan fingerprint density at radius 1 is 0.974 bits per heavy atom. The van der Waals surface area contributed by atoms with E-state index in [2.05, 4.69) is 109 Å². The van der Waals surface area contributed by atoms with Crippen molar-refractivity contribution in [3.63, 3.8) is 0 Å². The highest BCUT2D eigenvalue weighted by molar-refractivity contribution is 6.74. The molecule has 4 nitrogen and oxygen atoms in total. The lowest BCUT2D eigenvalue weighted by Crippen LogP contribution is -2.59. The molecule has 39 heavy (non-hydrogen) atoms. The Hall–Kier alpha value is -1.24. The van der Waals surface area contributed by atoms with Crippen LogP contribution in [0.2, 0.25) is 36.3 Å². The second kappa shape index (κ2) is 12.3. The number of piperidine rings is 1. The van der Waals surface area contributed by atoms with Crippen LogP contribution >= 0.6 is 0 Å². The van der Waals surface area contributed by atoms with Crippen LogP contribution in [0.1, 0.15) is 98.1 Å². The molecule has 3 rings (SSSR count). The first-order chi connectivity index (χ1) is 18.1. The van der Waals surface area contributed by atoms with Gasteiger partial charge in [0, 0.05) is 24.3 Å². The van der Waals surface area contributed by atoms with E-state index in [0.717, 1.165) is 38.7 Å². The first kappa shape index (κ1) is 32.3. The van der Waals surface area contributed by atoms with Crippen molar-refractivity contribution < 1.29 is 8.85 Å². The van der Waals surface area contributed by atoms with Gasteiger partial charge in [-0.15, -0.1) is 0 Å². The molecule has 0 bridgehead atoms. The van der Waals surface area contributed by atoms with Crippen LogP contribution in [0, 0.1) is 11.3 Å². The molecule has 1 aliphatic heterocycles. The van der Waals surface area contributed by atoms with Crippen molar-refractivity contribution in [2.24, 2.45) is 0 Å². The predicted molar refractivity (Wildman–Crippen MR) is 170 cm³/mol. The first-order valence-electron chi connectivity index (χ1n) is 15.3. The van der Waals surface area contributed by atoms with Gasteiger partial charge in [0.1, 0.15) is 0 Å². The summed E-state index contributed by atoms with van der Waals surface area (Å²) in [6, 6.07) is 14.0. The normalized spacial score (nSPS) is 25.3. The van der Waals surface area contributed by atoms with Gasteiger partial charge >= 0.3 is 0 Å². The molecule has 0 aromatic heterocycles. The van der Waals surface area contributed by atoms with Gasteiger partial charge in [-0.25, -0.2) is 0 Å². The van der Waals surface area contributed by atoms with Gasteiger partial charge in [0.15, 0.2) is 16.6 Å². The molecule has 0 unspecified atom stereocenters. The number of benzene rings is 1. The smallest absolute Gasteiger partial charge is 0.192 e. The van der Waals surface area contributed by atoms with Crippen LogP contribution in [-0.2, 0) is 8.85 Å². The molecule has 0 N–H and O–H groups in total. The van der Waals surface area contributed by atoms with Crippen molar-refractivity contribution in [2.75, 3.05) is 13.2 Å². The zero-order chi connectivity index (χ0) is 29.1. The van der Waals surface area contributed by atoms with Crippen molar-refractivity contribution in [3.8, 4) is 6.07 Å². The van der Waals surface area contributed by atoms with Gasteiger partial charge in [0.2, 0.25) is 0 Å². The van der Waals surface area contributed by atoms with E-state index in [1.165, 1.54) is 24.0 Å². The number of likely N-dealkylation sites (tertiary alicyclic amines) is 1. The second-order valence-corrected chi connectivity index (χ2v) is 24.7. The summed E-state index contributed by atoms with van der Waals surface area (Å²) < 4.78 is 13.7. The van der Waals surface area contributed by atoms with Crippen LogP contribution in [0.3, 0.4) is 0 Å². The van der Waals surface area contributed by atoms with E-state index in [1.54, 1.807) is 0 Å². The van der Waals surface area contributed by atoms with E-state index in [0.29, 0.717) is 12.6 Å². The fraction of sp³-hybridized carbons (Fsp3) is 0.727. The minimum Gasteiger partial charge on any atom is -0.417 e. The van der Waals surface area contributed by atoms with Crippen LogP contribution in [-0.4, -0.2) is 46.3 Å². The van der Waals surface area contributed by atoms with Crippen LogP contribution in [0.25, 0.3) is 0 Å². The third-order valence-electron chi connectivity index (χ3n) is 10.5. The quantitative estimate of drug-likeness (QED) is 0.220. The van der Waals surface area contributed by atoms with Gasteiger partial charge in [-0.05, 0) is 92.3 Å². The molecule has 1 aromatic rings. The Bertz CT molecular complexity index is 1020. The lowest BCUT2D eigenvalue weighted by atomic mass is 9.76. The summed E-state index contributed by atoms with van der Waals surface area (Å²) in [7, 11) is -3.78. The van der Waals surface area contributed by atoms with Crippen molar-refractivity contribution >= 4 is 16.6 Å². The van der Waals surface area contributed by atoms with Crippen LogP contribution < -0.4 is 0 Å². The fourth-order valence-electron chi connectivity index (χ4n) is 6.10. The molecule has 0 radical (unpaired) electrons. The monoisotopic (exact) mass is 568 g/mol. The summed E-state index contributed by atoms with van der Waals surface area (Å²) in [6.45, 7) is 24.9. The summed E-state index contributed by atoms with van der Waals surface area (Å²) in [4.78, 5) is 2.84. The van der Waals surface area contributed by atoms with Crippen LogP contribution in [0.5, 0.6) is 0 Å². The zero-order valence-electron chi connectivity index (χ0n) is 26.7. The predicted octanol–water partition coefficient (Wildman–Crippen LogP) is 9.39. The number of allylic oxidation sites excluding steroid dienone is 1. The summed E-state index contributed by atoms with van der Waals surface area (Å²) in [5.74, 6) is 0. The number of nitrogens with zero attached hydrogens (tertiary/aromatic N) is 2. The molecule has 1 heterocycles. The minimum atomic E-state index is -1.95. The number of nitriles is 1. The molecule has 0 amide bonds. The average Bonchev–Trinajstić information content (AvgIpc) is 3.22. The number of hydrogen-bond acceptors (Lipinski definition) is 4. The maximum absolute atomic E-state index is 9.78. The molecule has 218 valence electrons. The van der Waals surface area contributed by atoms with Gasteiger partial charge in [-0.3, -0.25) is 4.90 Å². The topological polar surface area (TPSA) is 45.5 Å². The van der Waals surface area contributed by atoms with Crippen molar-refractivity contribution in [3.05, 3.63) is 47.5 Å². The summed E-state index contributed by atoms with van der Waals surface area (Å²) >= 11 is 0. The highest BCUT2D eigenvalue weighted by Crippen LogP contribution is 2.52. The molecule has 1 spiro atoms. The molecule has 2 fully saturated rings. The Labute approximate surface area is 242 Å². The molecular formula is C33H56N2O2Si2. The van der Waals surface area contributed by atoms with E-state index in [-0.39, 0.29) is 21.7 Å². The SMILES string of the molecule is CC(C)(C)[Si](C)(C)OCC[C@@H]1CCC[C@]2(CCC/C2=C\C#N)N1[C@@H](CO[Si](C)(C)C(C)(C)C)c1ccccc1. The van der Waals surface area contributed by atoms with Crippen LogP contribution in [0.4, 0.5) is 0 Å². The lowest BCUT2D eigenvalue weighted by Gasteiger charge is -2.55. The lowest BCUT2D eigenvalue weighted by molar-refractivity contribution is -0.0370. The Morgan fingerprint density at radius 2 is 1.56 bits per heavy atom. The molecule has 2 aliphatic rings. The van der Waals surface area contributed by atoms with Crippen LogP contribution in [0.15, 0.2) is 42.0 Å². The molecule has 1 aromatic carbocycles. The largest absolute Gasteiger partial charge is 0.417 e. The highest BCUT2D eigenvalue weighted by atomic mass is 28.4. The fourth-order valence-corrected chi connectivity index (χ4v) is 8.16. The van der Waals surface area contributed by atoms with E-state index < -0.39 is 16.6 Å². The maximum Gasteiger partial charge on any atom is 0.192 e. The van der Waals surface area contributed by atoms with Gasteiger partial charge < -0.3 is 8.85 Å². The minimum absolute atomic E-state index is 0.0626. The maximum atomic E-state index is 9.78. The van der Waals surface area contributed by atoms with E-state index >= 15 is 0 Å². The molecule has 1 saturated carbocycles. The Kier molecular flexibility index (Phi) is 10.2. The Balaban J connectivity index is 2.03. The molecular weight excluding hydrogens is 513 g/mol. The first-order valence-corrected chi connectivity index (χ1v) is 21.1. The molecule has 1 saturated heterocycles. The van der Waals surface area contributed by atoms with Gasteiger partial charge in [-0.1, -0.05) is 71.9 Å². The molecule has 1 aliphatic carbocycles. The summed E-state index contributed by atoms with van der Waals surface area (Å²) in [6.07, 6.45) is 9.72. The summed E-state index contributed by atoms with van der Waals surface area (Å²) in [5.41, 5.74) is 2.61. The zero-order valence-corrected chi connectivity index (χ0v) is 28.7. The van der Waals surface area contributed by atoms with Crippen molar-refractivity contribution in [2.45, 2.75) is 140 Å². The Morgan fingerprint density at radius 3 is 2.15 bits per heavy atom. The van der Waals surface area contributed by atoms with Gasteiger partial charge in [0.05, 0.1) is 18.7 Å². The molecule has 3 atom stereocenters. The van der Waals surface area contributed by atoms with Crippen molar-refractivity contribution in [1.82, 2.24) is 4.90 Å². The second-order valence-electron chi connectivity index (χ2n) is 15.0. The number of hydrogen-bond donors (Lipinski definition) is 0. The molecule has 6 heteroatoms. The highest BCUT2D eigenvalue weighted by Gasteiger charge is 2.51. The van der Waals surface area contributed by atoms with Gasteiger partial charge in [-0.2, -0.15) is 5.26 Å². The summed E-state index contributed by atoms with van der Waals surface area (Å²) in [5, 5.41) is 10.1. The average molecular weight is 569 g/mol. The third kappa shape index (κ3) is 7.16.